The number of unbranched alkanes of at least 4 members (excludes halogenated alkanes) is 2. The molecule has 0 bridgehead atoms. The second-order valence-corrected chi connectivity index (χ2v) is 6.80. The fourth-order valence-corrected chi connectivity index (χ4v) is 3.02. The smallest absolute Gasteiger partial charge is 0.0206 e. The van der Waals surface area contributed by atoms with Crippen LogP contribution in [0.2, 0.25) is 0 Å². The van der Waals surface area contributed by atoms with E-state index in [9.17, 15) is 0 Å². The normalized spacial score (nSPS) is 14.1. The summed E-state index contributed by atoms with van der Waals surface area (Å²) in [5, 5.41) is 3.68. The molecule has 0 saturated carbocycles. The lowest BCUT2D eigenvalue weighted by Crippen LogP contribution is -2.42. The summed E-state index contributed by atoms with van der Waals surface area (Å²) in [6.07, 6.45) is 5.33. The standard InChI is InChI=1S/C14H31NS/c1-6-8-9-11-16-12-13(14(3,4)5)15-10-7-2/h13,15H,6-12H2,1-5H3. The van der Waals surface area contributed by atoms with Crippen LogP contribution in [-0.4, -0.2) is 24.1 Å². The molecular formula is C14H31NS. The van der Waals surface area contributed by atoms with Gasteiger partial charge in [0, 0.05) is 11.8 Å². The lowest BCUT2D eigenvalue weighted by molar-refractivity contribution is 0.292. The summed E-state index contributed by atoms with van der Waals surface area (Å²) in [4.78, 5) is 0. The van der Waals surface area contributed by atoms with Crippen molar-refractivity contribution in [3.05, 3.63) is 0 Å². The van der Waals surface area contributed by atoms with Gasteiger partial charge in [0.25, 0.3) is 0 Å². The summed E-state index contributed by atoms with van der Waals surface area (Å²) < 4.78 is 0. The van der Waals surface area contributed by atoms with Gasteiger partial charge in [0.05, 0.1) is 0 Å². The molecule has 1 unspecified atom stereocenters. The minimum absolute atomic E-state index is 0.382. The van der Waals surface area contributed by atoms with E-state index >= 15 is 0 Å². The SMILES string of the molecule is CCCCCSCC(NCCC)C(C)(C)C. The molecule has 0 aliphatic carbocycles. The van der Waals surface area contributed by atoms with Crippen LogP contribution in [0.5, 0.6) is 0 Å². The molecule has 0 aromatic heterocycles. The molecule has 0 aliphatic heterocycles. The second kappa shape index (κ2) is 9.35. The first-order chi connectivity index (χ1) is 7.52. The number of hydrogen-bond donors (Lipinski definition) is 1. The van der Waals surface area contributed by atoms with Crippen molar-refractivity contribution in [1.82, 2.24) is 5.32 Å². The van der Waals surface area contributed by atoms with E-state index in [1.807, 2.05) is 0 Å². The monoisotopic (exact) mass is 245 g/mol. The Labute approximate surface area is 107 Å². The first kappa shape index (κ1) is 16.3. The van der Waals surface area contributed by atoms with Crippen molar-refractivity contribution in [2.45, 2.75) is 66.3 Å². The Bertz CT molecular complexity index is 151. The maximum absolute atomic E-state index is 3.68. The molecule has 2 heteroatoms. The van der Waals surface area contributed by atoms with E-state index in [-0.39, 0.29) is 0 Å². The van der Waals surface area contributed by atoms with Crippen LogP contribution in [0.25, 0.3) is 0 Å². The molecule has 0 radical (unpaired) electrons. The first-order valence-corrected chi connectivity index (χ1v) is 7.99. The maximum atomic E-state index is 3.68. The minimum Gasteiger partial charge on any atom is -0.313 e. The number of rotatable bonds is 9. The van der Waals surface area contributed by atoms with Crippen LogP contribution in [0.1, 0.15) is 60.3 Å². The predicted octanol–water partition coefficient (Wildman–Crippen LogP) is 4.32. The Morgan fingerprint density at radius 3 is 2.25 bits per heavy atom. The summed E-state index contributed by atoms with van der Waals surface area (Å²) in [5.74, 6) is 2.58. The Kier molecular flexibility index (Phi) is 9.53. The zero-order valence-corrected chi connectivity index (χ0v) is 12.8. The highest BCUT2D eigenvalue weighted by Gasteiger charge is 2.23. The molecule has 1 atom stereocenters. The molecule has 0 rings (SSSR count). The Morgan fingerprint density at radius 1 is 1.06 bits per heavy atom. The van der Waals surface area contributed by atoms with Crippen molar-refractivity contribution in [3.8, 4) is 0 Å². The van der Waals surface area contributed by atoms with Crippen molar-refractivity contribution in [2.24, 2.45) is 5.41 Å². The van der Waals surface area contributed by atoms with E-state index < -0.39 is 0 Å². The van der Waals surface area contributed by atoms with Crippen LogP contribution < -0.4 is 5.32 Å². The highest BCUT2D eigenvalue weighted by Crippen LogP contribution is 2.23. The van der Waals surface area contributed by atoms with Crippen LogP contribution in [0, 0.1) is 5.41 Å². The summed E-state index contributed by atoms with van der Waals surface area (Å²) in [7, 11) is 0. The fourth-order valence-electron chi connectivity index (χ4n) is 1.59. The molecule has 0 spiro atoms. The van der Waals surface area contributed by atoms with Crippen LogP contribution in [0.3, 0.4) is 0 Å². The topological polar surface area (TPSA) is 12.0 Å². The molecule has 0 amide bonds. The lowest BCUT2D eigenvalue weighted by atomic mass is 9.88. The van der Waals surface area contributed by atoms with E-state index in [1.165, 1.54) is 37.2 Å². The average Bonchev–Trinajstić information content (AvgIpc) is 2.20. The van der Waals surface area contributed by atoms with Gasteiger partial charge in [0.15, 0.2) is 0 Å². The van der Waals surface area contributed by atoms with Crippen molar-refractivity contribution in [3.63, 3.8) is 0 Å². The summed E-state index contributed by atoms with van der Waals surface area (Å²) in [5.41, 5.74) is 0.382. The quantitative estimate of drug-likeness (QED) is 0.607. The third-order valence-electron chi connectivity index (χ3n) is 2.86. The summed E-state index contributed by atoms with van der Waals surface area (Å²) in [6, 6.07) is 0.652. The molecule has 98 valence electrons. The second-order valence-electron chi connectivity index (χ2n) is 5.65. The number of thioether (sulfide) groups is 1. The number of hydrogen-bond acceptors (Lipinski definition) is 2. The minimum atomic E-state index is 0.382. The third-order valence-corrected chi connectivity index (χ3v) is 4.01. The van der Waals surface area contributed by atoms with E-state index in [2.05, 4.69) is 51.7 Å². The van der Waals surface area contributed by atoms with Gasteiger partial charge in [-0.2, -0.15) is 11.8 Å². The van der Waals surface area contributed by atoms with Gasteiger partial charge in [0.1, 0.15) is 0 Å². The van der Waals surface area contributed by atoms with Crippen molar-refractivity contribution >= 4 is 11.8 Å². The predicted molar refractivity (Wildman–Crippen MR) is 78.4 cm³/mol. The van der Waals surface area contributed by atoms with Crippen LogP contribution >= 0.6 is 11.8 Å². The molecule has 0 saturated heterocycles. The Balaban J connectivity index is 3.75. The molecule has 1 N–H and O–H groups in total. The van der Waals surface area contributed by atoms with Gasteiger partial charge >= 0.3 is 0 Å². The summed E-state index contributed by atoms with van der Waals surface area (Å²) in [6.45, 7) is 12.7. The van der Waals surface area contributed by atoms with E-state index in [4.69, 9.17) is 0 Å². The average molecular weight is 245 g/mol. The molecule has 0 aromatic carbocycles. The third kappa shape index (κ3) is 8.46. The van der Waals surface area contributed by atoms with Gasteiger partial charge in [0.2, 0.25) is 0 Å². The molecular weight excluding hydrogens is 214 g/mol. The Hall–Kier alpha value is 0.310. The van der Waals surface area contributed by atoms with Gasteiger partial charge < -0.3 is 5.32 Å². The van der Waals surface area contributed by atoms with Crippen molar-refractivity contribution in [1.29, 1.82) is 0 Å². The Morgan fingerprint density at radius 2 is 1.75 bits per heavy atom. The van der Waals surface area contributed by atoms with E-state index in [0.29, 0.717) is 11.5 Å². The largest absolute Gasteiger partial charge is 0.313 e. The lowest BCUT2D eigenvalue weighted by Gasteiger charge is -2.31. The van der Waals surface area contributed by atoms with Gasteiger partial charge in [-0.15, -0.1) is 0 Å². The molecule has 0 aliphatic rings. The molecule has 16 heavy (non-hydrogen) atoms. The highest BCUT2D eigenvalue weighted by atomic mass is 32.2. The van der Waals surface area contributed by atoms with Crippen molar-refractivity contribution in [2.75, 3.05) is 18.1 Å². The maximum Gasteiger partial charge on any atom is 0.0206 e. The van der Waals surface area contributed by atoms with Crippen LogP contribution in [0.15, 0.2) is 0 Å². The van der Waals surface area contributed by atoms with E-state index in [1.54, 1.807) is 0 Å². The van der Waals surface area contributed by atoms with Gasteiger partial charge in [-0.3, -0.25) is 0 Å². The zero-order chi connectivity index (χ0) is 12.4. The first-order valence-electron chi connectivity index (χ1n) is 6.83. The molecule has 0 heterocycles. The fraction of sp³-hybridized carbons (Fsp3) is 1.00. The molecule has 0 aromatic rings. The van der Waals surface area contributed by atoms with Crippen LogP contribution in [0.4, 0.5) is 0 Å². The van der Waals surface area contributed by atoms with E-state index in [0.717, 1.165) is 6.54 Å². The van der Waals surface area contributed by atoms with Crippen LogP contribution in [-0.2, 0) is 0 Å². The van der Waals surface area contributed by atoms with Gasteiger partial charge in [-0.25, -0.2) is 0 Å². The molecule has 1 nitrogen and oxygen atoms in total. The van der Waals surface area contributed by atoms with Crippen molar-refractivity contribution < 1.29 is 0 Å². The van der Waals surface area contributed by atoms with Gasteiger partial charge in [-0.05, 0) is 30.6 Å². The molecule has 0 fully saturated rings. The highest BCUT2D eigenvalue weighted by molar-refractivity contribution is 7.99. The van der Waals surface area contributed by atoms with Gasteiger partial charge in [-0.1, -0.05) is 47.5 Å². The zero-order valence-electron chi connectivity index (χ0n) is 11.9. The summed E-state index contributed by atoms with van der Waals surface area (Å²) >= 11 is 2.12. The number of nitrogens with one attached hydrogen (secondary N) is 1.